The van der Waals surface area contributed by atoms with Crippen LogP contribution in [0.1, 0.15) is 0 Å². The molecule has 0 aromatic carbocycles. The van der Waals surface area contributed by atoms with Crippen molar-refractivity contribution in [3.8, 4) is 0 Å². The van der Waals surface area contributed by atoms with Gasteiger partial charge >= 0.3 is 12.1 Å². The molecular formula is C3H5NO5. The van der Waals surface area contributed by atoms with E-state index in [9.17, 15) is 9.59 Å². The Bertz CT molecular complexity index is 132. The third-order valence-corrected chi connectivity index (χ3v) is 0.506. The SMILES string of the molecule is O=C(O)CN(O)C(=O)O. The van der Waals surface area contributed by atoms with E-state index < -0.39 is 18.6 Å². The molecule has 0 aromatic rings. The second-order valence-corrected chi connectivity index (χ2v) is 1.23. The molecule has 6 nitrogen and oxygen atoms in total. The summed E-state index contributed by atoms with van der Waals surface area (Å²) in [6.07, 6.45) is -1.68. The normalized spacial score (nSPS) is 8.56. The first-order valence-electron chi connectivity index (χ1n) is 1.95. The molecular weight excluding hydrogens is 130 g/mol. The highest BCUT2D eigenvalue weighted by molar-refractivity contribution is 5.74. The number of nitrogens with zero attached hydrogens (tertiary/aromatic N) is 1. The lowest BCUT2D eigenvalue weighted by atomic mass is 10.6. The average molecular weight is 135 g/mol. The smallest absolute Gasteiger partial charge is 0.431 e. The minimum absolute atomic E-state index is 0.317. The molecule has 0 aromatic heterocycles. The summed E-state index contributed by atoms with van der Waals surface area (Å²) in [4.78, 5) is 19.3. The topological polar surface area (TPSA) is 98.1 Å². The molecule has 0 unspecified atom stereocenters. The molecule has 0 rings (SSSR count). The summed E-state index contributed by atoms with van der Waals surface area (Å²) in [5, 5.41) is 23.5. The van der Waals surface area contributed by atoms with Crippen LogP contribution in [0.5, 0.6) is 0 Å². The van der Waals surface area contributed by atoms with E-state index in [0.717, 1.165) is 0 Å². The van der Waals surface area contributed by atoms with Crippen molar-refractivity contribution >= 4 is 12.1 Å². The van der Waals surface area contributed by atoms with E-state index in [-0.39, 0.29) is 5.06 Å². The number of hydrogen-bond acceptors (Lipinski definition) is 3. The van der Waals surface area contributed by atoms with Gasteiger partial charge in [-0.25, -0.2) is 4.79 Å². The predicted octanol–water partition coefficient (Wildman–Crippen LogP) is -0.560. The minimum Gasteiger partial charge on any atom is -0.480 e. The molecule has 0 aliphatic rings. The summed E-state index contributed by atoms with van der Waals surface area (Å²) in [5.41, 5.74) is 0. The van der Waals surface area contributed by atoms with Crippen molar-refractivity contribution in [2.24, 2.45) is 0 Å². The third kappa shape index (κ3) is 3.30. The van der Waals surface area contributed by atoms with Gasteiger partial charge in [-0.05, 0) is 0 Å². The molecule has 3 N–H and O–H groups in total. The van der Waals surface area contributed by atoms with Gasteiger partial charge in [0.2, 0.25) is 0 Å². The first kappa shape index (κ1) is 7.70. The number of carbonyl (C=O) groups is 2. The van der Waals surface area contributed by atoms with Crippen LogP contribution in [0.25, 0.3) is 0 Å². The summed E-state index contributed by atoms with van der Waals surface area (Å²) >= 11 is 0. The fraction of sp³-hybridized carbons (Fsp3) is 0.333. The molecule has 0 atom stereocenters. The van der Waals surface area contributed by atoms with Crippen molar-refractivity contribution < 1.29 is 25.0 Å². The van der Waals surface area contributed by atoms with Crippen molar-refractivity contribution in [2.75, 3.05) is 6.54 Å². The average Bonchev–Trinajstić information content (AvgIpc) is 1.63. The van der Waals surface area contributed by atoms with Gasteiger partial charge in [0, 0.05) is 0 Å². The monoisotopic (exact) mass is 135 g/mol. The molecule has 0 heterocycles. The van der Waals surface area contributed by atoms with Gasteiger partial charge in [-0.2, -0.15) is 5.06 Å². The summed E-state index contributed by atoms with van der Waals surface area (Å²) in [6.45, 7) is -0.921. The Morgan fingerprint density at radius 2 is 1.78 bits per heavy atom. The van der Waals surface area contributed by atoms with E-state index in [1.165, 1.54) is 0 Å². The van der Waals surface area contributed by atoms with Gasteiger partial charge in [0.1, 0.15) is 6.54 Å². The van der Waals surface area contributed by atoms with Crippen molar-refractivity contribution in [3.63, 3.8) is 0 Å². The van der Waals surface area contributed by atoms with Crippen LogP contribution in [-0.4, -0.2) is 39.1 Å². The van der Waals surface area contributed by atoms with Crippen LogP contribution in [0.15, 0.2) is 0 Å². The Morgan fingerprint density at radius 1 is 1.33 bits per heavy atom. The Labute approximate surface area is 49.9 Å². The molecule has 52 valence electrons. The predicted molar refractivity (Wildman–Crippen MR) is 24.2 cm³/mol. The highest BCUT2D eigenvalue weighted by Gasteiger charge is 2.10. The van der Waals surface area contributed by atoms with Crippen molar-refractivity contribution in [2.45, 2.75) is 0 Å². The van der Waals surface area contributed by atoms with Crippen molar-refractivity contribution in [3.05, 3.63) is 0 Å². The quantitative estimate of drug-likeness (QED) is 0.348. The van der Waals surface area contributed by atoms with E-state index >= 15 is 0 Å². The summed E-state index contributed by atoms with van der Waals surface area (Å²) in [6, 6.07) is 0. The first-order valence-corrected chi connectivity index (χ1v) is 1.95. The molecule has 0 bridgehead atoms. The molecule has 0 aliphatic heterocycles. The van der Waals surface area contributed by atoms with Crippen LogP contribution in [-0.2, 0) is 4.79 Å². The molecule has 0 radical (unpaired) electrons. The van der Waals surface area contributed by atoms with E-state index in [1.54, 1.807) is 0 Å². The Kier molecular flexibility index (Phi) is 2.46. The summed E-state index contributed by atoms with van der Waals surface area (Å²) in [5.74, 6) is -1.40. The second-order valence-electron chi connectivity index (χ2n) is 1.23. The molecule has 0 spiro atoms. The van der Waals surface area contributed by atoms with Gasteiger partial charge in [-0.3, -0.25) is 10.0 Å². The maximum atomic E-state index is 9.65. The molecule has 0 saturated carbocycles. The Balaban J connectivity index is 3.63. The van der Waals surface area contributed by atoms with E-state index in [1.807, 2.05) is 0 Å². The van der Waals surface area contributed by atoms with Crippen LogP contribution < -0.4 is 0 Å². The number of carboxylic acids is 1. The zero-order valence-electron chi connectivity index (χ0n) is 4.31. The highest BCUT2D eigenvalue weighted by Crippen LogP contribution is 1.80. The number of rotatable bonds is 2. The summed E-state index contributed by atoms with van der Waals surface area (Å²) in [7, 11) is 0. The minimum atomic E-state index is -1.68. The third-order valence-electron chi connectivity index (χ3n) is 0.506. The first-order chi connectivity index (χ1) is 4.04. The van der Waals surface area contributed by atoms with Gasteiger partial charge < -0.3 is 10.2 Å². The van der Waals surface area contributed by atoms with Crippen LogP contribution in [0.2, 0.25) is 0 Å². The highest BCUT2D eigenvalue weighted by atomic mass is 16.6. The fourth-order valence-corrected chi connectivity index (χ4v) is 0.196. The fourth-order valence-electron chi connectivity index (χ4n) is 0.196. The van der Waals surface area contributed by atoms with Crippen LogP contribution in [0, 0.1) is 0 Å². The lowest BCUT2D eigenvalue weighted by Gasteiger charge is -2.04. The number of hydroxylamine groups is 2. The van der Waals surface area contributed by atoms with Gasteiger partial charge in [0.05, 0.1) is 0 Å². The molecule has 1 amide bonds. The zero-order chi connectivity index (χ0) is 7.44. The largest absolute Gasteiger partial charge is 0.480 e. The molecule has 0 saturated heterocycles. The van der Waals surface area contributed by atoms with Gasteiger partial charge in [-0.15, -0.1) is 0 Å². The molecule has 9 heavy (non-hydrogen) atoms. The van der Waals surface area contributed by atoms with Crippen LogP contribution in [0.3, 0.4) is 0 Å². The maximum Gasteiger partial charge on any atom is 0.431 e. The van der Waals surface area contributed by atoms with Crippen molar-refractivity contribution in [1.82, 2.24) is 5.06 Å². The van der Waals surface area contributed by atoms with Gasteiger partial charge in [0.25, 0.3) is 0 Å². The van der Waals surface area contributed by atoms with E-state index in [2.05, 4.69) is 0 Å². The van der Waals surface area contributed by atoms with Crippen molar-refractivity contribution in [1.29, 1.82) is 0 Å². The van der Waals surface area contributed by atoms with E-state index in [4.69, 9.17) is 15.4 Å². The Morgan fingerprint density at radius 3 is 1.89 bits per heavy atom. The standard InChI is InChI=1S/C3H5NO5/c5-2(6)1-4(9)3(7)8/h9H,1H2,(H,5,6)(H,7,8). The summed E-state index contributed by atoms with van der Waals surface area (Å²) < 4.78 is 0. The number of hydrogen-bond donors (Lipinski definition) is 3. The van der Waals surface area contributed by atoms with Crippen LogP contribution >= 0.6 is 0 Å². The number of amides is 1. The maximum absolute atomic E-state index is 9.65. The molecule has 0 aliphatic carbocycles. The second kappa shape index (κ2) is 2.88. The number of aliphatic carboxylic acids is 1. The molecule has 6 heteroatoms. The Hall–Kier alpha value is -1.30. The van der Waals surface area contributed by atoms with Crippen LogP contribution in [0.4, 0.5) is 4.79 Å². The van der Waals surface area contributed by atoms with E-state index in [0.29, 0.717) is 0 Å². The lowest BCUT2D eigenvalue weighted by Crippen LogP contribution is -2.30. The number of carboxylic acid groups (broad SMARTS) is 2. The van der Waals surface area contributed by atoms with Gasteiger partial charge in [-0.1, -0.05) is 0 Å². The molecule has 0 fully saturated rings. The van der Waals surface area contributed by atoms with Gasteiger partial charge in [0.15, 0.2) is 0 Å². The lowest BCUT2D eigenvalue weighted by molar-refractivity contribution is -0.147. The zero-order valence-corrected chi connectivity index (χ0v) is 4.31.